The first-order valence-corrected chi connectivity index (χ1v) is 11.6. The Balaban J connectivity index is 1.62. The Labute approximate surface area is 201 Å². The van der Waals surface area contributed by atoms with Crippen molar-refractivity contribution in [3.8, 4) is 11.5 Å². The molecule has 5 aromatic carbocycles. The van der Waals surface area contributed by atoms with Crippen LogP contribution in [0.1, 0.15) is 0 Å². The van der Waals surface area contributed by atoms with E-state index in [2.05, 4.69) is 35.2 Å². The molecule has 0 aliphatic rings. The van der Waals surface area contributed by atoms with Gasteiger partial charge in [0.25, 0.3) is 0 Å². The number of anilines is 3. The molecular weight excluding hydrogens is 432 g/mol. The SMILES string of the molecule is c1ccc(-c2nc3c(N(c4ccccc4)c4ccccc4)c4oc5ccccc5c4cc3o2)cc1. The molecule has 0 aliphatic carbocycles. The zero-order valence-electron chi connectivity index (χ0n) is 18.8. The maximum absolute atomic E-state index is 6.51. The lowest BCUT2D eigenvalue weighted by Crippen LogP contribution is -2.10. The zero-order valence-corrected chi connectivity index (χ0v) is 18.8. The first kappa shape index (κ1) is 19.6. The van der Waals surface area contributed by atoms with Crippen molar-refractivity contribution >= 4 is 50.1 Å². The highest BCUT2D eigenvalue weighted by molar-refractivity contribution is 6.17. The number of hydrogen-bond donors (Lipinski definition) is 0. The van der Waals surface area contributed by atoms with Gasteiger partial charge < -0.3 is 13.7 Å². The van der Waals surface area contributed by atoms with E-state index in [4.69, 9.17) is 13.8 Å². The second kappa shape index (κ2) is 7.89. The standard InChI is InChI=1S/C31H20N2O2/c1-4-12-21(13-5-1)31-32-28-27(35-31)20-25-24-18-10-11-19-26(24)34-30(25)29(28)33(22-14-6-2-7-15-22)23-16-8-3-9-17-23/h1-20H. The van der Waals surface area contributed by atoms with E-state index in [1.54, 1.807) is 0 Å². The number of benzene rings is 5. The summed E-state index contributed by atoms with van der Waals surface area (Å²) in [5.41, 5.74) is 6.89. The van der Waals surface area contributed by atoms with Crippen LogP contribution in [0.4, 0.5) is 17.1 Å². The van der Waals surface area contributed by atoms with Gasteiger partial charge in [-0.2, -0.15) is 0 Å². The van der Waals surface area contributed by atoms with E-state index < -0.39 is 0 Å². The molecule has 35 heavy (non-hydrogen) atoms. The topological polar surface area (TPSA) is 42.4 Å². The van der Waals surface area contributed by atoms with E-state index in [0.29, 0.717) is 5.89 Å². The summed E-state index contributed by atoms with van der Waals surface area (Å²) in [6.07, 6.45) is 0. The van der Waals surface area contributed by atoms with Gasteiger partial charge in [0.15, 0.2) is 11.2 Å². The molecule has 0 saturated heterocycles. The zero-order chi connectivity index (χ0) is 23.2. The first-order valence-electron chi connectivity index (χ1n) is 11.6. The summed E-state index contributed by atoms with van der Waals surface area (Å²) in [6.45, 7) is 0. The first-order chi connectivity index (χ1) is 17.4. The largest absolute Gasteiger partial charge is 0.454 e. The quantitative estimate of drug-likeness (QED) is 0.267. The lowest BCUT2D eigenvalue weighted by molar-refractivity contribution is 0.620. The Bertz CT molecular complexity index is 1750. The number of fused-ring (bicyclic) bond motifs is 4. The fourth-order valence-electron chi connectivity index (χ4n) is 4.70. The Hall–Kier alpha value is -4.83. The van der Waals surface area contributed by atoms with Gasteiger partial charge in [-0.3, -0.25) is 0 Å². The molecule has 4 nitrogen and oxygen atoms in total. The molecule has 0 unspecified atom stereocenters. The van der Waals surface area contributed by atoms with Gasteiger partial charge >= 0.3 is 0 Å². The summed E-state index contributed by atoms with van der Waals surface area (Å²) in [6, 6.07) is 40.7. The fraction of sp³-hybridized carbons (Fsp3) is 0. The molecule has 0 atom stereocenters. The third-order valence-electron chi connectivity index (χ3n) is 6.28. The molecule has 0 spiro atoms. The number of oxazole rings is 1. The van der Waals surface area contributed by atoms with E-state index >= 15 is 0 Å². The third kappa shape index (κ3) is 3.19. The van der Waals surface area contributed by atoms with Gasteiger partial charge in [-0.15, -0.1) is 0 Å². The van der Waals surface area contributed by atoms with Crippen molar-refractivity contribution in [2.24, 2.45) is 0 Å². The van der Waals surface area contributed by atoms with Crippen molar-refractivity contribution < 1.29 is 8.83 Å². The van der Waals surface area contributed by atoms with E-state index in [1.165, 1.54) is 0 Å². The van der Waals surface area contributed by atoms with Crippen LogP contribution in [0.3, 0.4) is 0 Å². The summed E-state index contributed by atoms with van der Waals surface area (Å²) < 4.78 is 12.9. The van der Waals surface area contributed by atoms with Gasteiger partial charge in [0.1, 0.15) is 16.8 Å². The lowest BCUT2D eigenvalue weighted by atomic mass is 10.1. The van der Waals surface area contributed by atoms with E-state index in [9.17, 15) is 0 Å². The number of nitrogens with zero attached hydrogens (tertiary/aromatic N) is 2. The van der Waals surface area contributed by atoms with Crippen molar-refractivity contribution in [2.75, 3.05) is 4.90 Å². The van der Waals surface area contributed by atoms with Crippen LogP contribution in [0, 0.1) is 0 Å². The van der Waals surface area contributed by atoms with E-state index in [0.717, 1.165) is 55.7 Å². The Kier molecular flexibility index (Phi) is 4.42. The average Bonchev–Trinajstić information content (AvgIpc) is 3.52. The van der Waals surface area contributed by atoms with Crippen LogP contribution in [0.15, 0.2) is 130 Å². The monoisotopic (exact) mass is 452 g/mol. The van der Waals surface area contributed by atoms with Crippen LogP contribution < -0.4 is 4.90 Å². The maximum Gasteiger partial charge on any atom is 0.227 e. The lowest BCUT2D eigenvalue weighted by Gasteiger charge is -2.25. The summed E-state index contributed by atoms with van der Waals surface area (Å²) in [5.74, 6) is 0.583. The minimum absolute atomic E-state index is 0.583. The van der Waals surface area contributed by atoms with Crippen molar-refractivity contribution in [1.29, 1.82) is 0 Å². The molecule has 166 valence electrons. The number of aromatic nitrogens is 1. The molecule has 0 saturated carbocycles. The molecule has 0 radical (unpaired) electrons. The molecule has 0 fully saturated rings. The molecular formula is C31H20N2O2. The van der Waals surface area contributed by atoms with Crippen LogP contribution >= 0.6 is 0 Å². The van der Waals surface area contributed by atoms with Crippen molar-refractivity contribution in [3.05, 3.63) is 121 Å². The minimum Gasteiger partial charge on any atom is -0.454 e. The smallest absolute Gasteiger partial charge is 0.227 e. The van der Waals surface area contributed by atoms with Gasteiger partial charge in [0.2, 0.25) is 5.89 Å². The average molecular weight is 453 g/mol. The number of rotatable bonds is 4. The number of para-hydroxylation sites is 3. The third-order valence-corrected chi connectivity index (χ3v) is 6.28. The summed E-state index contributed by atoms with van der Waals surface area (Å²) in [7, 11) is 0. The predicted molar refractivity (Wildman–Crippen MR) is 141 cm³/mol. The second-order valence-corrected chi connectivity index (χ2v) is 8.44. The Morgan fingerprint density at radius 2 is 1.14 bits per heavy atom. The van der Waals surface area contributed by atoms with Gasteiger partial charge in [-0.25, -0.2) is 4.98 Å². The molecule has 0 aliphatic heterocycles. The molecule has 2 heterocycles. The molecule has 4 heteroatoms. The van der Waals surface area contributed by atoms with Crippen LogP contribution in [0.5, 0.6) is 0 Å². The summed E-state index contributed by atoms with van der Waals surface area (Å²) in [5, 5.41) is 2.04. The van der Waals surface area contributed by atoms with Gasteiger partial charge in [0, 0.05) is 27.7 Å². The van der Waals surface area contributed by atoms with Gasteiger partial charge in [-0.05, 0) is 48.5 Å². The highest BCUT2D eigenvalue weighted by Gasteiger charge is 2.25. The van der Waals surface area contributed by atoms with E-state index in [1.807, 2.05) is 91.0 Å². The predicted octanol–water partition coefficient (Wildman–Crippen LogP) is 8.86. The highest BCUT2D eigenvalue weighted by Crippen LogP contribution is 2.46. The summed E-state index contributed by atoms with van der Waals surface area (Å²) >= 11 is 0. The summed E-state index contributed by atoms with van der Waals surface area (Å²) in [4.78, 5) is 7.21. The van der Waals surface area contributed by atoms with Crippen LogP contribution in [0.25, 0.3) is 44.5 Å². The van der Waals surface area contributed by atoms with Crippen LogP contribution in [-0.4, -0.2) is 4.98 Å². The Morgan fingerprint density at radius 3 is 1.83 bits per heavy atom. The normalized spacial score (nSPS) is 11.4. The van der Waals surface area contributed by atoms with Gasteiger partial charge in [-0.1, -0.05) is 72.8 Å². The molecule has 0 amide bonds. The molecule has 2 aromatic heterocycles. The fourth-order valence-corrected chi connectivity index (χ4v) is 4.70. The number of furan rings is 1. The molecule has 0 bridgehead atoms. The van der Waals surface area contributed by atoms with Crippen molar-refractivity contribution in [2.45, 2.75) is 0 Å². The molecule has 7 rings (SSSR count). The Morgan fingerprint density at radius 1 is 0.543 bits per heavy atom. The highest BCUT2D eigenvalue weighted by atomic mass is 16.4. The molecule has 7 aromatic rings. The van der Waals surface area contributed by atoms with Crippen LogP contribution in [-0.2, 0) is 0 Å². The van der Waals surface area contributed by atoms with Crippen molar-refractivity contribution in [1.82, 2.24) is 4.98 Å². The van der Waals surface area contributed by atoms with Crippen molar-refractivity contribution in [3.63, 3.8) is 0 Å². The van der Waals surface area contributed by atoms with Crippen LogP contribution in [0.2, 0.25) is 0 Å². The second-order valence-electron chi connectivity index (χ2n) is 8.44. The maximum atomic E-state index is 6.51. The van der Waals surface area contributed by atoms with E-state index in [-0.39, 0.29) is 0 Å². The minimum atomic E-state index is 0.583. The van der Waals surface area contributed by atoms with Gasteiger partial charge in [0.05, 0.1) is 0 Å². The molecule has 0 N–H and O–H groups in total. The number of hydrogen-bond acceptors (Lipinski definition) is 4.